The monoisotopic (exact) mass is 379 g/mol. The van der Waals surface area contributed by atoms with Crippen molar-refractivity contribution >= 4 is 18.0 Å². The van der Waals surface area contributed by atoms with Gasteiger partial charge in [-0.2, -0.15) is 0 Å². The quantitative estimate of drug-likeness (QED) is 0.579. The Labute approximate surface area is 160 Å². The van der Waals surface area contributed by atoms with Crippen LogP contribution in [0.15, 0.2) is 30.3 Å². The fourth-order valence-corrected chi connectivity index (χ4v) is 2.37. The zero-order chi connectivity index (χ0) is 20.6. The van der Waals surface area contributed by atoms with Crippen LogP contribution in [0.4, 0.5) is 4.79 Å². The van der Waals surface area contributed by atoms with Crippen molar-refractivity contribution in [1.29, 1.82) is 0 Å². The van der Waals surface area contributed by atoms with Crippen molar-refractivity contribution in [1.82, 2.24) is 5.32 Å². The van der Waals surface area contributed by atoms with E-state index in [1.807, 2.05) is 30.3 Å². The number of amides is 1. The fraction of sp³-hybridized carbons (Fsp3) is 0.550. The summed E-state index contributed by atoms with van der Waals surface area (Å²) < 4.78 is 15.4. The maximum atomic E-state index is 12.3. The molecule has 3 atom stereocenters. The molecule has 1 aromatic rings. The summed E-state index contributed by atoms with van der Waals surface area (Å²) in [6.45, 7) is 8.29. The first-order valence-corrected chi connectivity index (χ1v) is 8.85. The van der Waals surface area contributed by atoms with E-state index < -0.39 is 41.7 Å². The van der Waals surface area contributed by atoms with Gasteiger partial charge in [0.05, 0.1) is 13.0 Å². The highest BCUT2D eigenvalue weighted by molar-refractivity contribution is 5.81. The second kappa shape index (κ2) is 9.94. The number of carbonyl (C=O) groups is 3. The average molecular weight is 379 g/mol. The van der Waals surface area contributed by atoms with E-state index in [2.05, 4.69) is 5.32 Å². The van der Waals surface area contributed by atoms with E-state index in [1.54, 1.807) is 27.7 Å². The van der Waals surface area contributed by atoms with Crippen LogP contribution in [-0.4, -0.2) is 42.9 Å². The van der Waals surface area contributed by atoms with Crippen LogP contribution in [0, 0.1) is 5.92 Å². The van der Waals surface area contributed by atoms with Crippen LogP contribution in [0.1, 0.15) is 40.2 Å². The van der Waals surface area contributed by atoms with Crippen molar-refractivity contribution in [3.8, 4) is 0 Å². The van der Waals surface area contributed by atoms with Crippen LogP contribution in [0.2, 0.25) is 0 Å². The van der Waals surface area contributed by atoms with E-state index >= 15 is 0 Å². The zero-order valence-corrected chi connectivity index (χ0v) is 16.8. The molecule has 0 unspecified atom stereocenters. The summed E-state index contributed by atoms with van der Waals surface area (Å²) in [4.78, 5) is 36.2. The molecule has 0 aliphatic rings. The number of benzene rings is 1. The Hall–Kier alpha value is -2.57. The summed E-state index contributed by atoms with van der Waals surface area (Å²) in [5.74, 6) is -1.78. The third-order valence-corrected chi connectivity index (χ3v) is 3.76. The molecule has 0 saturated carbocycles. The van der Waals surface area contributed by atoms with Gasteiger partial charge in [0.2, 0.25) is 0 Å². The summed E-state index contributed by atoms with van der Waals surface area (Å²) in [6, 6.07) is 8.47. The molecule has 0 aromatic heterocycles. The third-order valence-electron chi connectivity index (χ3n) is 3.76. The van der Waals surface area contributed by atoms with Crippen molar-refractivity contribution in [3.63, 3.8) is 0 Å². The Balaban J connectivity index is 2.70. The molecule has 0 heterocycles. The Morgan fingerprint density at radius 2 is 1.63 bits per heavy atom. The number of hydrogen-bond donors (Lipinski definition) is 1. The largest absolute Gasteiger partial charge is 0.469 e. The van der Waals surface area contributed by atoms with Gasteiger partial charge in [-0.25, -0.2) is 9.59 Å². The van der Waals surface area contributed by atoms with Gasteiger partial charge in [0, 0.05) is 0 Å². The van der Waals surface area contributed by atoms with E-state index in [9.17, 15) is 14.4 Å². The molecule has 7 nitrogen and oxygen atoms in total. The summed E-state index contributed by atoms with van der Waals surface area (Å²) in [5.41, 5.74) is 0.253. The molecule has 7 heteroatoms. The van der Waals surface area contributed by atoms with Crippen LogP contribution in [0.25, 0.3) is 0 Å². The molecule has 1 rings (SSSR count). The smallest absolute Gasteiger partial charge is 0.408 e. The van der Waals surface area contributed by atoms with Gasteiger partial charge in [0.25, 0.3) is 0 Å². The van der Waals surface area contributed by atoms with E-state index in [0.29, 0.717) is 6.42 Å². The summed E-state index contributed by atoms with van der Waals surface area (Å²) in [6.07, 6.45) is -1.07. The Kier molecular flexibility index (Phi) is 8.28. The Morgan fingerprint density at radius 1 is 1.04 bits per heavy atom. The lowest BCUT2D eigenvalue weighted by molar-refractivity contribution is -0.160. The van der Waals surface area contributed by atoms with Gasteiger partial charge in [-0.05, 0) is 46.6 Å². The molecule has 0 aliphatic heterocycles. The van der Waals surface area contributed by atoms with Crippen LogP contribution in [0.5, 0.6) is 0 Å². The topological polar surface area (TPSA) is 90.9 Å². The van der Waals surface area contributed by atoms with E-state index in [0.717, 1.165) is 5.56 Å². The maximum absolute atomic E-state index is 12.3. The molecule has 0 bridgehead atoms. The molecule has 0 fully saturated rings. The van der Waals surface area contributed by atoms with Gasteiger partial charge >= 0.3 is 18.0 Å². The molecule has 0 saturated heterocycles. The molecular formula is C20H29NO6. The minimum Gasteiger partial charge on any atom is -0.469 e. The number of hydrogen-bond acceptors (Lipinski definition) is 6. The van der Waals surface area contributed by atoms with E-state index in [4.69, 9.17) is 14.2 Å². The molecule has 1 aromatic carbocycles. The zero-order valence-electron chi connectivity index (χ0n) is 16.8. The van der Waals surface area contributed by atoms with Crippen LogP contribution < -0.4 is 5.32 Å². The molecule has 0 aliphatic carbocycles. The minimum absolute atomic E-state index is 0.371. The molecule has 27 heavy (non-hydrogen) atoms. The summed E-state index contributed by atoms with van der Waals surface area (Å²) in [7, 11) is 1.29. The highest BCUT2D eigenvalue weighted by Gasteiger charge is 2.31. The standard InChI is InChI=1S/C20H29NO6/c1-13(21-19(24)27-20(3,4)5)17(22)26-14(2)16(18(23)25-6)12-15-10-8-7-9-11-15/h7-11,13-14,16H,12H2,1-6H3,(H,21,24)/t13-,14-,16-/m0/s1. The average Bonchev–Trinajstić information content (AvgIpc) is 2.57. The molecule has 0 spiro atoms. The number of nitrogens with one attached hydrogen (secondary N) is 1. The number of carbonyl (C=O) groups excluding carboxylic acids is 3. The number of esters is 2. The predicted molar refractivity (Wildman–Crippen MR) is 100 cm³/mol. The predicted octanol–water partition coefficient (Wildman–Crippen LogP) is 2.86. The maximum Gasteiger partial charge on any atom is 0.408 e. The second-order valence-corrected chi connectivity index (χ2v) is 7.33. The second-order valence-electron chi connectivity index (χ2n) is 7.33. The normalized spacial score (nSPS) is 14.4. The van der Waals surface area contributed by atoms with Crippen LogP contribution >= 0.6 is 0 Å². The molecular weight excluding hydrogens is 350 g/mol. The number of rotatable bonds is 7. The van der Waals surface area contributed by atoms with Gasteiger partial charge in [-0.1, -0.05) is 30.3 Å². The Morgan fingerprint density at radius 3 is 2.15 bits per heavy atom. The first kappa shape index (κ1) is 22.5. The van der Waals surface area contributed by atoms with Crippen molar-refractivity contribution < 1.29 is 28.6 Å². The van der Waals surface area contributed by atoms with E-state index in [1.165, 1.54) is 14.0 Å². The van der Waals surface area contributed by atoms with Gasteiger partial charge in [0.1, 0.15) is 17.7 Å². The molecule has 1 amide bonds. The highest BCUT2D eigenvalue weighted by Crippen LogP contribution is 2.17. The Bertz CT molecular complexity index is 638. The van der Waals surface area contributed by atoms with Gasteiger partial charge in [-0.3, -0.25) is 4.79 Å². The lowest BCUT2D eigenvalue weighted by Gasteiger charge is -2.25. The number of ether oxygens (including phenoxy) is 3. The molecule has 150 valence electrons. The van der Waals surface area contributed by atoms with E-state index in [-0.39, 0.29) is 0 Å². The first-order chi connectivity index (χ1) is 12.5. The SMILES string of the molecule is COC(=O)[C@@H](Cc1ccccc1)[C@H](C)OC(=O)[C@H](C)NC(=O)OC(C)(C)C. The molecule has 1 N–H and O–H groups in total. The van der Waals surface area contributed by atoms with Crippen molar-refractivity contribution in [2.24, 2.45) is 5.92 Å². The van der Waals surface area contributed by atoms with Crippen LogP contribution in [-0.2, 0) is 30.2 Å². The fourth-order valence-electron chi connectivity index (χ4n) is 2.37. The summed E-state index contributed by atoms with van der Waals surface area (Å²) >= 11 is 0. The van der Waals surface area contributed by atoms with Gasteiger partial charge in [0.15, 0.2) is 0 Å². The third kappa shape index (κ3) is 8.11. The van der Waals surface area contributed by atoms with Crippen molar-refractivity contribution in [2.45, 2.75) is 58.8 Å². The highest BCUT2D eigenvalue weighted by atomic mass is 16.6. The first-order valence-electron chi connectivity index (χ1n) is 8.85. The number of methoxy groups -OCH3 is 1. The lowest BCUT2D eigenvalue weighted by atomic mass is 9.94. The number of alkyl carbamates (subject to hydrolysis) is 1. The minimum atomic E-state index is -0.919. The van der Waals surface area contributed by atoms with Gasteiger partial charge < -0.3 is 19.5 Å². The van der Waals surface area contributed by atoms with Gasteiger partial charge in [-0.15, -0.1) is 0 Å². The molecule has 0 radical (unpaired) electrons. The lowest BCUT2D eigenvalue weighted by Crippen LogP contribution is -2.44. The van der Waals surface area contributed by atoms with Crippen molar-refractivity contribution in [2.75, 3.05) is 7.11 Å². The van der Waals surface area contributed by atoms with Crippen molar-refractivity contribution in [3.05, 3.63) is 35.9 Å². The van der Waals surface area contributed by atoms with Crippen LogP contribution in [0.3, 0.4) is 0 Å². The summed E-state index contributed by atoms with van der Waals surface area (Å²) in [5, 5.41) is 2.42.